The number of rotatable bonds is 8. The summed E-state index contributed by atoms with van der Waals surface area (Å²) in [5, 5.41) is 12.7. The van der Waals surface area contributed by atoms with Crippen molar-refractivity contribution in [2.75, 3.05) is 27.4 Å². The molecule has 0 aliphatic carbocycles. The quantitative estimate of drug-likeness (QED) is 0.662. The van der Waals surface area contributed by atoms with Gasteiger partial charge in [0, 0.05) is 33.8 Å². The van der Waals surface area contributed by atoms with E-state index in [1.165, 1.54) is 7.11 Å². The molecule has 1 amide bonds. The normalized spacial score (nSPS) is 18.2. The highest BCUT2D eigenvalue weighted by atomic mass is 16.5. The van der Waals surface area contributed by atoms with Crippen LogP contribution in [0.25, 0.3) is 0 Å². The number of hydrogen-bond acceptors (Lipinski definition) is 4. The van der Waals surface area contributed by atoms with Gasteiger partial charge in [0.25, 0.3) is 5.91 Å². The minimum absolute atomic E-state index is 0.189. The Kier molecular flexibility index (Phi) is 6.67. The third-order valence-electron chi connectivity index (χ3n) is 3.08. The molecule has 17 heavy (non-hydrogen) atoms. The molecule has 0 spiro atoms. The van der Waals surface area contributed by atoms with Gasteiger partial charge in [-0.25, -0.2) is 0 Å². The molecular formula is C12H25NO4. The molecule has 2 unspecified atom stereocenters. The average Bonchev–Trinajstić information content (AvgIpc) is 2.32. The summed E-state index contributed by atoms with van der Waals surface area (Å²) in [6, 6.07) is 0. The molecule has 0 aromatic rings. The van der Waals surface area contributed by atoms with Crippen molar-refractivity contribution in [1.82, 2.24) is 5.32 Å². The fourth-order valence-corrected chi connectivity index (χ4v) is 1.27. The molecule has 0 radical (unpaired) electrons. The number of carbonyl (C=O) groups excluding carboxylic acids is 1. The molecule has 0 bridgehead atoms. The molecule has 102 valence electrons. The van der Waals surface area contributed by atoms with E-state index in [0.29, 0.717) is 19.4 Å². The van der Waals surface area contributed by atoms with Crippen molar-refractivity contribution in [2.24, 2.45) is 0 Å². The van der Waals surface area contributed by atoms with E-state index in [1.54, 1.807) is 21.0 Å². The molecule has 0 aliphatic heterocycles. The van der Waals surface area contributed by atoms with Crippen molar-refractivity contribution in [3.8, 4) is 0 Å². The van der Waals surface area contributed by atoms with Gasteiger partial charge in [-0.15, -0.1) is 0 Å². The second kappa shape index (κ2) is 6.93. The van der Waals surface area contributed by atoms with E-state index in [9.17, 15) is 9.90 Å². The summed E-state index contributed by atoms with van der Waals surface area (Å²) in [6.07, 6.45) is 1.05. The first-order valence-corrected chi connectivity index (χ1v) is 5.86. The second-order valence-electron chi connectivity index (χ2n) is 4.71. The van der Waals surface area contributed by atoms with Crippen LogP contribution in [0.4, 0.5) is 0 Å². The number of methoxy groups -OCH3 is 2. The molecule has 0 aromatic heterocycles. The Labute approximate surface area is 103 Å². The molecule has 0 rings (SSSR count). The van der Waals surface area contributed by atoms with Crippen molar-refractivity contribution in [1.29, 1.82) is 0 Å². The van der Waals surface area contributed by atoms with Gasteiger partial charge >= 0.3 is 0 Å². The Morgan fingerprint density at radius 3 is 2.35 bits per heavy atom. The maximum Gasteiger partial charge on any atom is 0.252 e. The van der Waals surface area contributed by atoms with E-state index in [1.807, 2.05) is 6.92 Å². The predicted molar refractivity (Wildman–Crippen MR) is 65.8 cm³/mol. The first-order valence-electron chi connectivity index (χ1n) is 5.86. The average molecular weight is 247 g/mol. The van der Waals surface area contributed by atoms with Gasteiger partial charge in [0.05, 0.1) is 5.60 Å². The molecule has 0 fully saturated rings. The molecule has 0 saturated carbocycles. The van der Waals surface area contributed by atoms with Crippen LogP contribution in [0.15, 0.2) is 0 Å². The zero-order valence-electron chi connectivity index (χ0n) is 11.5. The Balaban J connectivity index is 4.23. The van der Waals surface area contributed by atoms with E-state index in [4.69, 9.17) is 9.47 Å². The second-order valence-corrected chi connectivity index (χ2v) is 4.71. The fourth-order valence-electron chi connectivity index (χ4n) is 1.27. The third kappa shape index (κ3) is 5.48. The summed E-state index contributed by atoms with van der Waals surface area (Å²) in [6.45, 7) is 5.92. The van der Waals surface area contributed by atoms with Crippen LogP contribution in [0.2, 0.25) is 0 Å². The van der Waals surface area contributed by atoms with E-state index >= 15 is 0 Å². The monoisotopic (exact) mass is 247 g/mol. The Bertz CT molecular complexity index is 237. The van der Waals surface area contributed by atoms with E-state index in [-0.39, 0.29) is 12.5 Å². The van der Waals surface area contributed by atoms with Gasteiger partial charge in [0.15, 0.2) is 0 Å². The zero-order chi connectivity index (χ0) is 13.5. The van der Waals surface area contributed by atoms with Gasteiger partial charge in [-0.3, -0.25) is 4.79 Å². The molecule has 0 aliphatic rings. The standard InChI is InChI=1S/C12H25NO4/c1-6-12(3,17-5)10(14)13-9-11(2,15)7-8-16-4/h15H,6-9H2,1-5H3,(H,13,14). The fraction of sp³-hybridized carbons (Fsp3) is 0.917. The van der Waals surface area contributed by atoms with Gasteiger partial charge < -0.3 is 19.9 Å². The van der Waals surface area contributed by atoms with Crippen LogP contribution in [0.1, 0.15) is 33.6 Å². The summed E-state index contributed by atoms with van der Waals surface area (Å²) in [4.78, 5) is 11.9. The van der Waals surface area contributed by atoms with Gasteiger partial charge in [-0.1, -0.05) is 6.92 Å². The van der Waals surface area contributed by atoms with Crippen LogP contribution in [0.5, 0.6) is 0 Å². The van der Waals surface area contributed by atoms with Crippen molar-refractivity contribution in [3.63, 3.8) is 0 Å². The smallest absolute Gasteiger partial charge is 0.252 e. The molecule has 0 aromatic carbocycles. The SMILES string of the molecule is CCC(C)(OC)C(=O)NCC(C)(O)CCOC. The maximum absolute atomic E-state index is 11.9. The number of aliphatic hydroxyl groups is 1. The number of ether oxygens (including phenoxy) is 2. The largest absolute Gasteiger partial charge is 0.388 e. The lowest BCUT2D eigenvalue weighted by atomic mass is 10.00. The lowest BCUT2D eigenvalue weighted by molar-refractivity contribution is -0.143. The van der Waals surface area contributed by atoms with Gasteiger partial charge in [0.1, 0.15) is 5.60 Å². The first kappa shape index (κ1) is 16.4. The number of carbonyl (C=O) groups is 1. The highest BCUT2D eigenvalue weighted by molar-refractivity contribution is 5.84. The summed E-state index contributed by atoms with van der Waals surface area (Å²) in [7, 11) is 3.08. The lowest BCUT2D eigenvalue weighted by Crippen LogP contribution is -2.50. The van der Waals surface area contributed by atoms with Crippen LogP contribution >= 0.6 is 0 Å². The number of nitrogens with one attached hydrogen (secondary N) is 1. The van der Waals surface area contributed by atoms with Crippen LogP contribution in [0, 0.1) is 0 Å². The van der Waals surface area contributed by atoms with E-state index in [0.717, 1.165) is 0 Å². The summed E-state index contributed by atoms with van der Waals surface area (Å²) >= 11 is 0. The van der Waals surface area contributed by atoms with Gasteiger partial charge in [0.2, 0.25) is 0 Å². The molecule has 2 N–H and O–H groups in total. The molecule has 5 nitrogen and oxygen atoms in total. The summed E-state index contributed by atoms with van der Waals surface area (Å²) in [5.41, 5.74) is -1.80. The topological polar surface area (TPSA) is 67.8 Å². The number of amides is 1. The third-order valence-corrected chi connectivity index (χ3v) is 3.08. The van der Waals surface area contributed by atoms with Crippen molar-refractivity contribution < 1.29 is 19.4 Å². The Morgan fingerprint density at radius 1 is 1.35 bits per heavy atom. The Hall–Kier alpha value is -0.650. The van der Waals surface area contributed by atoms with Crippen molar-refractivity contribution >= 4 is 5.91 Å². The Morgan fingerprint density at radius 2 is 1.94 bits per heavy atom. The first-order chi connectivity index (χ1) is 7.81. The highest BCUT2D eigenvalue weighted by Crippen LogP contribution is 2.15. The van der Waals surface area contributed by atoms with E-state index in [2.05, 4.69) is 5.32 Å². The molecule has 0 saturated heterocycles. The van der Waals surface area contributed by atoms with E-state index < -0.39 is 11.2 Å². The van der Waals surface area contributed by atoms with Gasteiger partial charge in [-0.05, 0) is 20.3 Å². The van der Waals surface area contributed by atoms with Crippen LogP contribution in [-0.4, -0.2) is 49.6 Å². The predicted octanol–water partition coefficient (Wildman–Crippen LogP) is 0.705. The minimum Gasteiger partial charge on any atom is -0.388 e. The maximum atomic E-state index is 11.9. The molecule has 5 heteroatoms. The minimum atomic E-state index is -0.964. The van der Waals surface area contributed by atoms with Gasteiger partial charge in [-0.2, -0.15) is 0 Å². The van der Waals surface area contributed by atoms with Crippen molar-refractivity contribution in [3.05, 3.63) is 0 Å². The molecular weight excluding hydrogens is 222 g/mol. The van der Waals surface area contributed by atoms with Crippen LogP contribution in [-0.2, 0) is 14.3 Å². The highest BCUT2D eigenvalue weighted by Gasteiger charge is 2.32. The van der Waals surface area contributed by atoms with Crippen LogP contribution < -0.4 is 5.32 Å². The summed E-state index contributed by atoms with van der Waals surface area (Å²) < 4.78 is 10.1. The summed E-state index contributed by atoms with van der Waals surface area (Å²) in [5.74, 6) is -0.208. The van der Waals surface area contributed by atoms with Crippen LogP contribution in [0.3, 0.4) is 0 Å². The number of hydrogen-bond donors (Lipinski definition) is 2. The lowest BCUT2D eigenvalue weighted by Gasteiger charge is -2.29. The zero-order valence-corrected chi connectivity index (χ0v) is 11.5. The molecule has 2 atom stereocenters. The molecule has 0 heterocycles. The van der Waals surface area contributed by atoms with Crippen molar-refractivity contribution in [2.45, 2.75) is 44.8 Å².